The van der Waals surface area contributed by atoms with Crippen LogP contribution in [0.15, 0.2) is 36.4 Å². The summed E-state index contributed by atoms with van der Waals surface area (Å²) < 4.78 is 13.9. The third-order valence-electron chi connectivity index (χ3n) is 3.90. The second-order valence-corrected chi connectivity index (χ2v) is 5.78. The minimum absolute atomic E-state index is 0.00845. The van der Waals surface area contributed by atoms with Crippen LogP contribution >= 0.6 is 11.6 Å². The van der Waals surface area contributed by atoms with Crippen LogP contribution in [-0.2, 0) is 12.8 Å². The molecule has 1 aliphatic carbocycles. The Balaban J connectivity index is 1.79. The fourth-order valence-corrected chi connectivity index (χ4v) is 3.02. The van der Waals surface area contributed by atoms with Gasteiger partial charge in [0.05, 0.1) is 10.6 Å². The molecular formula is C17H15ClFNO. The van der Waals surface area contributed by atoms with Crippen LogP contribution in [0.1, 0.15) is 27.0 Å². The Bertz CT molecular complexity index is 689. The van der Waals surface area contributed by atoms with E-state index in [1.54, 1.807) is 13.0 Å². The summed E-state index contributed by atoms with van der Waals surface area (Å²) in [4.78, 5) is 12.3. The van der Waals surface area contributed by atoms with Crippen LogP contribution in [0.4, 0.5) is 4.39 Å². The van der Waals surface area contributed by atoms with Gasteiger partial charge in [0.2, 0.25) is 0 Å². The molecule has 2 aromatic carbocycles. The van der Waals surface area contributed by atoms with Crippen molar-refractivity contribution in [3.8, 4) is 0 Å². The number of rotatable bonds is 2. The highest BCUT2D eigenvalue weighted by Crippen LogP contribution is 2.25. The highest BCUT2D eigenvalue weighted by atomic mass is 35.5. The molecule has 0 radical (unpaired) electrons. The lowest BCUT2D eigenvalue weighted by Gasteiger charge is -2.14. The van der Waals surface area contributed by atoms with Gasteiger partial charge in [0.25, 0.3) is 5.91 Å². The molecule has 4 heteroatoms. The number of hydrogen-bond acceptors (Lipinski definition) is 1. The molecule has 0 atom stereocenters. The van der Waals surface area contributed by atoms with E-state index >= 15 is 0 Å². The molecule has 0 heterocycles. The van der Waals surface area contributed by atoms with Crippen LogP contribution in [-0.4, -0.2) is 11.9 Å². The maximum atomic E-state index is 13.9. The third-order valence-corrected chi connectivity index (χ3v) is 4.38. The van der Waals surface area contributed by atoms with E-state index in [0.717, 1.165) is 12.8 Å². The van der Waals surface area contributed by atoms with E-state index in [9.17, 15) is 9.18 Å². The predicted octanol–water partition coefficient (Wildman–Crippen LogP) is 3.68. The van der Waals surface area contributed by atoms with Crippen LogP contribution in [0, 0.1) is 12.7 Å². The van der Waals surface area contributed by atoms with Crippen molar-refractivity contribution < 1.29 is 9.18 Å². The second kappa shape index (κ2) is 5.49. The fourth-order valence-electron chi connectivity index (χ4n) is 2.78. The Morgan fingerprint density at radius 1 is 1.19 bits per heavy atom. The van der Waals surface area contributed by atoms with Crippen molar-refractivity contribution in [3.63, 3.8) is 0 Å². The highest BCUT2D eigenvalue weighted by molar-refractivity contribution is 6.34. The van der Waals surface area contributed by atoms with E-state index in [1.165, 1.54) is 17.2 Å². The summed E-state index contributed by atoms with van der Waals surface area (Å²) in [5, 5.41) is 3.07. The molecule has 108 valence electrons. The molecule has 1 N–H and O–H groups in total. The van der Waals surface area contributed by atoms with Crippen molar-refractivity contribution in [2.45, 2.75) is 25.8 Å². The Morgan fingerprint density at radius 3 is 2.43 bits per heavy atom. The van der Waals surface area contributed by atoms with Gasteiger partial charge in [0, 0.05) is 6.04 Å². The SMILES string of the molecule is Cc1ccc(F)c(C(=O)NC2Cc3ccccc3C2)c1Cl. The topological polar surface area (TPSA) is 29.1 Å². The summed E-state index contributed by atoms with van der Waals surface area (Å²) in [6.07, 6.45) is 1.54. The predicted molar refractivity (Wildman–Crippen MR) is 81.3 cm³/mol. The van der Waals surface area contributed by atoms with Crippen molar-refractivity contribution in [3.05, 3.63) is 69.5 Å². The molecule has 0 unspecified atom stereocenters. The normalized spacial score (nSPS) is 14.0. The Morgan fingerprint density at radius 2 is 1.81 bits per heavy atom. The standard InChI is InChI=1S/C17H15ClFNO/c1-10-6-7-14(19)15(16(10)18)17(21)20-13-8-11-4-2-3-5-12(11)9-13/h2-7,13H,8-9H2,1H3,(H,20,21). The van der Waals surface area contributed by atoms with Crippen molar-refractivity contribution in [2.24, 2.45) is 0 Å². The monoisotopic (exact) mass is 303 g/mol. The molecule has 21 heavy (non-hydrogen) atoms. The Hall–Kier alpha value is -1.87. The van der Waals surface area contributed by atoms with Crippen LogP contribution in [0.2, 0.25) is 5.02 Å². The van der Waals surface area contributed by atoms with Crippen molar-refractivity contribution >= 4 is 17.5 Å². The van der Waals surface area contributed by atoms with Gasteiger partial charge in [-0.1, -0.05) is 41.9 Å². The number of fused-ring (bicyclic) bond motifs is 1. The van der Waals surface area contributed by atoms with E-state index in [-0.39, 0.29) is 16.6 Å². The number of amides is 1. The zero-order chi connectivity index (χ0) is 15.0. The average Bonchev–Trinajstić information content (AvgIpc) is 2.85. The first-order chi connectivity index (χ1) is 10.1. The lowest BCUT2D eigenvalue weighted by molar-refractivity contribution is 0.0934. The van der Waals surface area contributed by atoms with Gasteiger partial charge < -0.3 is 5.32 Å². The molecule has 0 fully saturated rings. The first-order valence-electron chi connectivity index (χ1n) is 6.88. The zero-order valence-corrected chi connectivity index (χ0v) is 12.4. The number of nitrogens with one attached hydrogen (secondary N) is 1. The lowest BCUT2D eigenvalue weighted by Crippen LogP contribution is -2.36. The van der Waals surface area contributed by atoms with Crippen molar-refractivity contribution in [2.75, 3.05) is 0 Å². The first kappa shape index (κ1) is 14.1. The maximum absolute atomic E-state index is 13.9. The smallest absolute Gasteiger partial charge is 0.256 e. The summed E-state index contributed by atoms with van der Waals surface area (Å²) in [7, 11) is 0. The van der Waals surface area contributed by atoms with Gasteiger partial charge in [-0.25, -0.2) is 4.39 Å². The number of benzene rings is 2. The summed E-state index contributed by atoms with van der Waals surface area (Å²) in [6, 6.07) is 10.9. The zero-order valence-electron chi connectivity index (χ0n) is 11.6. The van der Waals surface area contributed by atoms with Gasteiger partial charge in [-0.05, 0) is 42.5 Å². The Kier molecular flexibility index (Phi) is 3.68. The molecule has 0 saturated heterocycles. The van der Waals surface area contributed by atoms with Gasteiger partial charge >= 0.3 is 0 Å². The van der Waals surface area contributed by atoms with Gasteiger partial charge in [-0.15, -0.1) is 0 Å². The second-order valence-electron chi connectivity index (χ2n) is 5.40. The number of carbonyl (C=O) groups is 1. The van der Waals surface area contributed by atoms with E-state index in [2.05, 4.69) is 17.4 Å². The van der Waals surface area contributed by atoms with Crippen LogP contribution in [0.25, 0.3) is 0 Å². The summed E-state index contributed by atoms with van der Waals surface area (Å²) in [5.74, 6) is -1.03. The van der Waals surface area contributed by atoms with E-state index in [1.807, 2.05) is 12.1 Å². The largest absolute Gasteiger partial charge is 0.349 e. The third kappa shape index (κ3) is 2.66. The van der Waals surface area contributed by atoms with Crippen molar-refractivity contribution in [1.82, 2.24) is 5.32 Å². The number of carbonyl (C=O) groups excluding carboxylic acids is 1. The molecule has 1 aliphatic rings. The lowest BCUT2D eigenvalue weighted by atomic mass is 10.1. The van der Waals surface area contributed by atoms with Gasteiger partial charge in [0.15, 0.2) is 0 Å². The van der Waals surface area contributed by atoms with E-state index < -0.39 is 11.7 Å². The summed E-state index contributed by atoms with van der Waals surface area (Å²) in [6.45, 7) is 1.75. The molecule has 0 saturated carbocycles. The van der Waals surface area contributed by atoms with E-state index in [0.29, 0.717) is 5.56 Å². The first-order valence-corrected chi connectivity index (χ1v) is 7.26. The minimum atomic E-state index is -0.585. The molecule has 1 amide bonds. The van der Waals surface area contributed by atoms with Crippen LogP contribution < -0.4 is 5.32 Å². The van der Waals surface area contributed by atoms with Crippen LogP contribution in [0.3, 0.4) is 0 Å². The summed E-state index contributed by atoms with van der Waals surface area (Å²) >= 11 is 6.07. The van der Waals surface area contributed by atoms with Gasteiger partial charge in [0.1, 0.15) is 5.82 Å². The highest BCUT2D eigenvalue weighted by Gasteiger charge is 2.25. The number of hydrogen-bond donors (Lipinski definition) is 1. The molecule has 0 bridgehead atoms. The van der Waals surface area contributed by atoms with Crippen LogP contribution in [0.5, 0.6) is 0 Å². The average molecular weight is 304 g/mol. The maximum Gasteiger partial charge on any atom is 0.256 e. The fraction of sp³-hybridized carbons (Fsp3) is 0.235. The molecule has 0 aromatic heterocycles. The number of aryl methyl sites for hydroxylation is 1. The quantitative estimate of drug-likeness (QED) is 0.901. The summed E-state index contributed by atoms with van der Waals surface area (Å²) in [5.41, 5.74) is 3.10. The van der Waals surface area contributed by atoms with E-state index in [4.69, 9.17) is 11.6 Å². The molecule has 2 nitrogen and oxygen atoms in total. The molecular weight excluding hydrogens is 289 g/mol. The molecule has 0 spiro atoms. The van der Waals surface area contributed by atoms with Gasteiger partial charge in [-0.3, -0.25) is 4.79 Å². The molecule has 3 rings (SSSR count). The number of halogens is 2. The minimum Gasteiger partial charge on any atom is -0.349 e. The molecule has 2 aromatic rings. The van der Waals surface area contributed by atoms with Crippen molar-refractivity contribution in [1.29, 1.82) is 0 Å². The Labute approximate surface area is 127 Å². The van der Waals surface area contributed by atoms with Gasteiger partial charge in [-0.2, -0.15) is 0 Å². The molecule has 0 aliphatic heterocycles.